The van der Waals surface area contributed by atoms with Gasteiger partial charge in [0.05, 0.1) is 17.8 Å². The molecule has 1 aliphatic heterocycles. The first-order valence-electron chi connectivity index (χ1n) is 11.3. The third-order valence-corrected chi connectivity index (χ3v) is 8.10. The Kier molecular flexibility index (Phi) is 8.13. The van der Waals surface area contributed by atoms with Crippen LogP contribution in [0.5, 0.6) is 0 Å². The van der Waals surface area contributed by atoms with E-state index in [0.717, 1.165) is 18.2 Å². The van der Waals surface area contributed by atoms with Gasteiger partial charge in [-0.25, -0.2) is 8.42 Å². The van der Waals surface area contributed by atoms with Crippen molar-refractivity contribution < 1.29 is 41.0 Å². The van der Waals surface area contributed by atoms with E-state index in [1.165, 1.54) is 23.1 Å². The molecule has 0 saturated heterocycles. The summed E-state index contributed by atoms with van der Waals surface area (Å²) in [5, 5.41) is 12.8. The van der Waals surface area contributed by atoms with Crippen molar-refractivity contribution in [3.8, 4) is 0 Å². The first kappa shape index (κ1) is 28.7. The Morgan fingerprint density at radius 1 is 1.30 bits per heavy atom. The molecule has 0 spiro atoms. The van der Waals surface area contributed by atoms with Crippen molar-refractivity contribution in [1.29, 1.82) is 0 Å². The molecule has 1 atom stereocenters. The van der Waals surface area contributed by atoms with Crippen LogP contribution in [-0.2, 0) is 43.7 Å². The molecule has 204 valence electrons. The maximum absolute atomic E-state index is 13.6. The average molecular weight is 567 g/mol. The number of anilines is 1. The predicted molar refractivity (Wildman–Crippen MR) is 126 cm³/mol. The quantitative estimate of drug-likeness (QED) is 0.455. The van der Waals surface area contributed by atoms with Crippen molar-refractivity contribution in [2.75, 3.05) is 10.8 Å². The number of esters is 1. The number of alkyl halides is 3. The van der Waals surface area contributed by atoms with Crippen molar-refractivity contribution in [1.82, 2.24) is 14.8 Å². The lowest BCUT2D eigenvalue weighted by Gasteiger charge is -2.34. The molecule has 15 heteroatoms. The number of pyridine rings is 1. The maximum atomic E-state index is 13.6. The zero-order chi connectivity index (χ0) is 27.8. The number of fused-ring (bicyclic) bond motifs is 1. The van der Waals surface area contributed by atoms with Crippen LogP contribution in [0.2, 0.25) is 5.15 Å². The number of ether oxygens (including phenoxy) is 1. The molecule has 3 rings (SSSR count). The summed E-state index contributed by atoms with van der Waals surface area (Å²) in [6, 6.07) is 1.35. The number of carbonyl (C=O) groups excluding carboxylic acids is 1. The molecule has 2 aromatic heterocycles. The van der Waals surface area contributed by atoms with Gasteiger partial charge in [0.2, 0.25) is 5.60 Å². The van der Waals surface area contributed by atoms with Gasteiger partial charge in [-0.1, -0.05) is 11.6 Å². The number of carbonyl (C=O) groups is 2. The molecule has 0 amide bonds. The van der Waals surface area contributed by atoms with E-state index in [9.17, 15) is 31.2 Å². The highest BCUT2D eigenvalue weighted by atomic mass is 35.5. The molecule has 0 saturated carbocycles. The van der Waals surface area contributed by atoms with Crippen LogP contribution in [0, 0.1) is 5.92 Å². The lowest BCUT2D eigenvalue weighted by Crippen LogP contribution is -2.43. The van der Waals surface area contributed by atoms with Gasteiger partial charge in [-0.3, -0.25) is 23.6 Å². The molecule has 2 aromatic rings. The molecule has 0 aromatic carbocycles. The highest BCUT2D eigenvalue weighted by Crippen LogP contribution is 2.37. The van der Waals surface area contributed by atoms with E-state index in [4.69, 9.17) is 16.7 Å². The molecule has 3 heterocycles. The Bertz CT molecular complexity index is 1300. The van der Waals surface area contributed by atoms with Crippen molar-refractivity contribution >= 4 is 39.3 Å². The van der Waals surface area contributed by atoms with E-state index >= 15 is 0 Å². The van der Waals surface area contributed by atoms with Gasteiger partial charge in [0, 0.05) is 31.9 Å². The molecule has 0 radical (unpaired) electrons. The largest absolute Gasteiger partial charge is 0.481 e. The van der Waals surface area contributed by atoms with Gasteiger partial charge < -0.3 is 9.84 Å². The first-order valence-corrected chi connectivity index (χ1v) is 13.1. The van der Waals surface area contributed by atoms with Crippen LogP contribution >= 0.6 is 11.6 Å². The molecule has 10 nitrogen and oxygen atoms in total. The maximum Gasteiger partial charge on any atom is 0.427 e. The van der Waals surface area contributed by atoms with Crippen molar-refractivity contribution in [3.05, 3.63) is 34.9 Å². The number of aromatic nitrogens is 3. The molecule has 0 aliphatic carbocycles. The van der Waals surface area contributed by atoms with E-state index in [-0.39, 0.29) is 53.0 Å². The van der Waals surface area contributed by atoms with Gasteiger partial charge in [0.1, 0.15) is 4.90 Å². The number of sulfonamides is 1. The molecular weight excluding hydrogens is 541 g/mol. The van der Waals surface area contributed by atoms with Crippen LogP contribution in [0.25, 0.3) is 0 Å². The number of halogens is 4. The Labute approximate surface area is 216 Å². The molecule has 1 aliphatic rings. The second-order valence-electron chi connectivity index (χ2n) is 9.15. The van der Waals surface area contributed by atoms with E-state index in [2.05, 4.69) is 14.8 Å². The Morgan fingerprint density at radius 2 is 1.97 bits per heavy atom. The number of carboxylic acid groups (broad SMARTS) is 1. The Morgan fingerprint density at radius 3 is 2.54 bits per heavy atom. The number of hydrogen-bond acceptors (Lipinski definition) is 7. The van der Waals surface area contributed by atoms with Crippen molar-refractivity contribution in [2.45, 2.75) is 69.7 Å². The summed E-state index contributed by atoms with van der Waals surface area (Å²) in [6.07, 6.45) is -2.56. The van der Waals surface area contributed by atoms with Gasteiger partial charge in [-0.15, -0.1) is 0 Å². The van der Waals surface area contributed by atoms with Crippen LogP contribution in [-0.4, -0.2) is 58.5 Å². The fourth-order valence-electron chi connectivity index (χ4n) is 3.79. The Balaban J connectivity index is 1.98. The lowest BCUT2D eigenvalue weighted by atomic mass is 9.93. The van der Waals surface area contributed by atoms with E-state index in [1.807, 2.05) is 0 Å². The summed E-state index contributed by atoms with van der Waals surface area (Å²) >= 11 is 6.11. The topological polar surface area (TPSA) is 132 Å². The summed E-state index contributed by atoms with van der Waals surface area (Å²) < 4.78 is 73.5. The number of aryl methyl sites for hydroxylation is 1. The normalized spacial score (nSPS) is 16.4. The second-order valence-corrected chi connectivity index (χ2v) is 11.3. The minimum absolute atomic E-state index is 0.0903. The highest BCUT2D eigenvalue weighted by Gasteiger charge is 2.50. The first-order chi connectivity index (χ1) is 17.0. The van der Waals surface area contributed by atoms with Gasteiger partial charge in [0.15, 0.2) is 5.15 Å². The van der Waals surface area contributed by atoms with Crippen LogP contribution in [0.1, 0.15) is 44.9 Å². The molecule has 0 fully saturated rings. The summed E-state index contributed by atoms with van der Waals surface area (Å²) in [4.78, 5) is 27.3. The third kappa shape index (κ3) is 6.35. The molecule has 0 bridgehead atoms. The molecule has 37 heavy (non-hydrogen) atoms. The number of carboxylic acids is 1. The fourth-order valence-corrected chi connectivity index (χ4v) is 5.80. The number of nitrogens with zero attached hydrogens (tertiary/aromatic N) is 4. The fraction of sp³-hybridized carbons (Fsp3) is 0.545. The second kappa shape index (κ2) is 10.5. The van der Waals surface area contributed by atoms with E-state index in [1.54, 1.807) is 6.92 Å². The summed E-state index contributed by atoms with van der Waals surface area (Å²) in [7, 11) is -4.29. The lowest BCUT2D eigenvalue weighted by molar-refractivity contribution is -0.257. The van der Waals surface area contributed by atoms with Gasteiger partial charge in [-0.2, -0.15) is 18.3 Å². The van der Waals surface area contributed by atoms with Crippen molar-refractivity contribution in [2.24, 2.45) is 5.92 Å². The van der Waals surface area contributed by atoms with Crippen molar-refractivity contribution in [3.63, 3.8) is 0 Å². The average Bonchev–Trinajstić information content (AvgIpc) is 3.17. The zero-order valence-corrected chi connectivity index (χ0v) is 21.8. The van der Waals surface area contributed by atoms with Gasteiger partial charge in [0.25, 0.3) is 10.0 Å². The summed E-state index contributed by atoms with van der Waals surface area (Å²) in [5.74, 6) is -2.58. The smallest absolute Gasteiger partial charge is 0.427 e. The summed E-state index contributed by atoms with van der Waals surface area (Å²) in [5.41, 5.74) is -2.13. The molecule has 1 N–H and O–H groups in total. The summed E-state index contributed by atoms with van der Waals surface area (Å²) in [6.45, 7) is 3.46. The van der Waals surface area contributed by atoms with Gasteiger partial charge in [-0.05, 0) is 51.2 Å². The number of hydrogen-bond donors (Lipinski definition) is 1. The van der Waals surface area contributed by atoms with E-state index < -0.39 is 40.2 Å². The standard InChI is InChI=1S/C22H26ClF3N4O6S/c1-4-29-12-17(20(23)28-29)37(34,35)30-11-13(5-6-18(31)32)7-15-16(30)8-14(10-27-15)9-19(33)36-21(2,3)22(24,25)26/h8,10,12-13H,4-7,9,11H2,1-3H3,(H,31,32)/t13-/m0/s1. The zero-order valence-electron chi connectivity index (χ0n) is 20.2. The number of aliphatic carboxylic acids is 1. The third-order valence-electron chi connectivity index (χ3n) is 5.92. The molecule has 0 unspecified atom stereocenters. The monoisotopic (exact) mass is 566 g/mol. The predicted octanol–water partition coefficient (Wildman–Crippen LogP) is 3.61. The van der Waals surface area contributed by atoms with Crippen LogP contribution < -0.4 is 4.31 Å². The minimum Gasteiger partial charge on any atom is -0.481 e. The van der Waals surface area contributed by atoms with Crippen LogP contribution in [0.4, 0.5) is 18.9 Å². The van der Waals surface area contributed by atoms with Crippen LogP contribution in [0.3, 0.4) is 0 Å². The molecular formula is C22H26ClF3N4O6S. The minimum atomic E-state index is -4.78. The Hall–Kier alpha value is -2.87. The highest BCUT2D eigenvalue weighted by molar-refractivity contribution is 7.93. The SMILES string of the molecule is CCn1cc(S(=O)(=O)N2C[C@@H](CCC(=O)O)Cc3ncc(CC(=O)OC(C)(C)C(F)(F)F)cc32)c(Cl)n1. The van der Waals surface area contributed by atoms with E-state index in [0.29, 0.717) is 12.2 Å². The van der Waals surface area contributed by atoms with Crippen LogP contribution in [0.15, 0.2) is 23.4 Å². The number of rotatable bonds is 9. The van der Waals surface area contributed by atoms with Gasteiger partial charge >= 0.3 is 18.1 Å².